The summed E-state index contributed by atoms with van der Waals surface area (Å²) in [5.74, 6) is 1.32. The van der Waals surface area contributed by atoms with Gasteiger partial charge in [0.1, 0.15) is 0 Å². The highest BCUT2D eigenvalue weighted by molar-refractivity contribution is 5.76. The number of rotatable bonds is 4. The molecule has 0 unspecified atom stereocenters. The summed E-state index contributed by atoms with van der Waals surface area (Å²) in [5.41, 5.74) is 0. The molecule has 0 saturated carbocycles. The number of hydrogen-bond donors (Lipinski definition) is 0. The Labute approximate surface area is 108 Å². The fourth-order valence-electron chi connectivity index (χ4n) is 2.36. The second-order valence-electron chi connectivity index (χ2n) is 4.63. The first-order chi connectivity index (χ1) is 8.76. The first kappa shape index (κ1) is 12.9. The summed E-state index contributed by atoms with van der Waals surface area (Å²) >= 11 is 0. The number of amides is 1. The number of nitrogens with zero attached hydrogens (tertiary/aromatic N) is 4. The lowest BCUT2D eigenvalue weighted by Crippen LogP contribution is -2.49. The molecular formula is C13H22N4O. The third kappa shape index (κ3) is 2.66. The molecule has 2 heterocycles. The Balaban J connectivity index is 1.92. The van der Waals surface area contributed by atoms with E-state index in [-0.39, 0.29) is 5.91 Å². The maximum atomic E-state index is 11.8. The molecule has 0 aromatic carbocycles. The molecule has 5 heteroatoms. The lowest BCUT2D eigenvalue weighted by atomic mass is 10.2. The number of hydrogen-bond acceptors (Lipinski definition) is 3. The van der Waals surface area contributed by atoms with Gasteiger partial charge in [-0.2, -0.15) is 0 Å². The van der Waals surface area contributed by atoms with Gasteiger partial charge in [-0.1, -0.05) is 6.92 Å². The molecule has 1 aromatic heterocycles. The minimum Gasteiger partial charge on any atom is -0.339 e. The van der Waals surface area contributed by atoms with Crippen LogP contribution in [0, 0.1) is 0 Å². The number of anilines is 1. The first-order valence-corrected chi connectivity index (χ1v) is 6.80. The molecular weight excluding hydrogens is 228 g/mol. The van der Waals surface area contributed by atoms with E-state index in [1.165, 1.54) is 0 Å². The molecule has 1 aliphatic heterocycles. The highest BCUT2D eigenvalue weighted by Crippen LogP contribution is 2.14. The van der Waals surface area contributed by atoms with E-state index < -0.39 is 0 Å². The molecule has 5 nitrogen and oxygen atoms in total. The van der Waals surface area contributed by atoms with Crippen LogP contribution >= 0.6 is 0 Å². The highest BCUT2D eigenvalue weighted by atomic mass is 16.2. The van der Waals surface area contributed by atoms with Crippen LogP contribution in [-0.2, 0) is 11.3 Å². The number of imidazole rings is 1. The minimum atomic E-state index is 0.288. The molecule has 0 N–H and O–H groups in total. The van der Waals surface area contributed by atoms with Crippen molar-refractivity contribution >= 4 is 11.9 Å². The van der Waals surface area contributed by atoms with Crippen molar-refractivity contribution in [1.82, 2.24) is 14.5 Å². The first-order valence-electron chi connectivity index (χ1n) is 6.80. The molecule has 1 amide bonds. The van der Waals surface area contributed by atoms with Crippen molar-refractivity contribution < 1.29 is 4.79 Å². The lowest BCUT2D eigenvalue weighted by Gasteiger charge is -2.35. The van der Waals surface area contributed by atoms with Crippen molar-refractivity contribution in [1.29, 1.82) is 0 Å². The third-order valence-corrected chi connectivity index (χ3v) is 3.41. The summed E-state index contributed by atoms with van der Waals surface area (Å²) in [6, 6.07) is 0. The van der Waals surface area contributed by atoms with Crippen LogP contribution < -0.4 is 4.90 Å². The Morgan fingerprint density at radius 3 is 2.61 bits per heavy atom. The summed E-state index contributed by atoms with van der Waals surface area (Å²) in [4.78, 5) is 20.4. The van der Waals surface area contributed by atoms with Crippen LogP contribution in [0.3, 0.4) is 0 Å². The van der Waals surface area contributed by atoms with Crippen LogP contribution in [0.25, 0.3) is 0 Å². The van der Waals surface area contributed by atoms with Crippen LogP contribution in [0.2, 0.25) is 0 Å². The Morgan fingerprint density at radius 1 is 1.28 bits per heavy atom. The molecule has 100 valence electrons. The number of aryl methyl sites for hydroxylation is 1. The van der Waals surface area contributed by atoms with Crippen molar-refractivity contribution in [2.75, 3.05) is 31.1 Å². The van der Waals surface area contributed by atoms with Gasteiger partial charge in [0.15, 0.2) is 0 Å². The normalized spacial score (nSPS) is 16.1. The zero-order chi connectivity index (χ0) is 13.0. The second kappa shape index (κ2) is 5.89. The van der Waals surface area contributed by atoms with E-state index in [9.17, 15) is 4.79 Å². The van der Waals surface area contributed by atoms with Gasteiger partial charge in [0, 0.05) is 51.5 Å². The minimum absolute atomic E-state index is 0.288. The Hall–Kier alpha value is -1.52. The van der Waals surface area contributed by atoms with Crippen molar-refractivity contribution in [2.24, 2.45) is 0 Å². The average molecular weight is 250 g/mol. The fraction of sp³-hybridized carbons (Fsp3) is 0.692. The molecule has 2 rings (SSSR count). The average Bonchev–Trinajstić information content (AvgIpc) is 2.87. The quantitative estimate of drug-likeness (QED) is 0.810. The van der Waals surface area contributed by atoms with E-state index in [1.807, 2.05) is 24.2 Å². The molecule has 1 aromatic rings. The number of carbonyl (C=O) groups is 1. The van der Waals surface area contributed by atoms with Gasteiger partial charge >= 0.3 is 0 Å². The van der Waals surface area contributed by atoms with E-state index in [0.29, 0.717) is 6.42 Å². The van der Waals surface area contributed by atoms with E-state index in [0.717, 1.165) is 45.1 Å². The third-order valence-electron chi connectivity index (χ3n) is 3.41. The maximum Gasteiger partial charge on any atom is 0.222 e. The van der Waals surface area contributed by atoms with E-state index in [2.05, 4.69) is 21.4 Å². The maximum absolute atomic E-state index is 11.8. The smallest absolute Gasteiger partial charge is 0.222 e. The molecule has 0 radical (unpaired) electrons. The SMILES string of the molecule is CCCC(=O)N1CCN(c2nccn2CC)CC1. The standard InChI is InChI=1S/C13H22N4O/c1-3-5-12(18)16-8-10-17(11-9-16)13-14-6-7-15(13)4-2/h6-7H,3-5,8-11H2,1-2H3. The monoisotopic (exact) mass is 250 g/mol. The Morgan fingerprint density at radius 2 is 2.00 bits per heavy atom. The summed E-state index contributed by atoms with van der Waals surface area (Å²) in [6.45, 7) is 8.49. The predicted molar refractivity (Wildman–Crippen MR) is 71.6 cm³/mol. The van der Waals surface area contributed by atoms with Gasteiger partial charge in [-0.05, 0) is 13.3 Å². The molecule has 1 saturated heterocycles. The second-order valence-corrected chi connectivity index (χ2v) is 4.63. The van der Waals surface area contributed by atoms with Crippen LogP contribution in [-0.4, -0.2) is 46.5 Å². The molecule has 18 heavy (non-hydrogen) atoms. The molecule has 1 aliphatic rings. The van der Waals surface area contributed by atoms with Crippen LogP contribution in [0.4, 0.5) is 5.95 Å². The molecule has 1 fully saturated rings. The summed E-state index contributed by atoms with van der Waals surface area (Å²) in [5, 5.41) is 0. The van der Waals surface area contributed by atoms with Gasteiger partial charge < -0.3 is 14.4 Å². The topological polar surface area (TPSA) is 41.4 Å². The van der Waals surface area contributed by atoms with Gasteiger partial charge in [-0.25, -0.2) is 4.98 Å². The van der Waals surface area contributed by atoms with Crippen molar-refractivity contribution in [3.63, 3.8) is 0 Å². The summed E-state index contributed by atoms with van der Waals surface area (Å²) in [6.07, 6.45) is 5.44. The van der Waals surface area contributed by atoms with E-state index >= 15 is 0 Å². The van der Waals surface area contributed by atoms with Crippen LogP contribution in [0.5, 0.6) is 0 Å². The van der Waals surface area contributed by atoms with Gasteiger partial charge in [0.05, 0.1) is 0 Å². The van der Waals surface area contributed by atoms with Gasteiger partial charge in [0.2, 0.25) is 11.9 Å². The largest absolute Gasteiger partial charge is 0.339 e. The molecule has 0 atom stereocenters. The lowest BCUT2D eigenvalue weighted by molar-refractivity contribution is -0.131. The van der Waals surface area contributed by atoms with E-state index in [4.69, 9.17) is 0 Å². The number of piperazine rings is 1. The summed E-state index contributed by atoms with van der Waals surface area (Å²) in [7, 11) is 0. The van der Waals surface area contributed by atoms with Gasteiger partial charge in [-0.3, -0.25) is 4.79 Å². The van der Waals surface area contributed by atoms with Crippen molar-refractivity contribution in [3.8, 4) is 0 Å². The van der Waals surface area contributed by atoms with E-state index in [1.54, 1.807) is 0 Å². The number of aromatic nitrogens is 2. The molecule has 0 bridgehead atoms. The van der Waals surface area contributed by atoms with Gasteiger partial charge in [0.25, 0.3) is 0 Å². The Bertz CT molecular complexity index is 393. The van der Waals surface area contributed by atoms with Gasteiger partial charge in [-0.15, -0.1) is 0 Å². The highest BCUT2D eigenvalue weighted by Gasteiger charge is 2.22. The number of carbonyl (C=O) groups excluding carboxylic acids is 1. The Kier molecular flexibility index (Phi) is 4.23. The zero-order valence-corrected chi connectivity index (χ0v) is 11.3. The molecule has 0 spiro atoms. The molecule has 0 aliphatic carbocycles. The predicted octanol–water partition coefficient (Wildman–Crippen LogP) is 1.35. The van der Waals surface area contributed by atoms with Crippen LogP contribution in [0.15, 0.2) is 12.4 Å². The zero-order valence-electron chi connectivity index (χ0n) is 11.3. The van der Waals surface area contributed by atoms with Crippen molar-refractivity contribution in [3.05, 3.63) is 12.4 Å². The van der Waals surface area contributed by atoms with Crippen LogP contribution in [0.1, 0.15) is 26.7 Å². The van der Waals surface area contributed by atoms with Crippen molar-refractivity contribution in [2.45, 2.75) is 33.2 Å². The summed E-state index contributed by atoms with van der Waals surface area (Å²) < 4.78 is 2.14. The fourth-order valence-corrected chi connectivity index (χ4v) is 2.36.